The van der Waals surface area contributed by atoms with E-state index in [9.17, 15) is 14.7 Å². The lowest BCUT2D eigenvalue weighted by atomic mass is 10.0. The van der Waals surface area contributed by atoms with E-state index in [0.717, 1.165) is 5.56 Å². The Kier molecular flexibility index (Phi) is 3.29. The van der Waals surface area contributed by atoms with E-state index in [1.807, 2.05) is 6.07 Å². The molecule has 0 aromatic heterocycles. The molecule has 1 saturated heterocycles. The number of cyclic esters (lactones) is 1. The summed E-state index contributed by atoms with van der Waals surface area (Å²) in [4.78, 5) is 23.0. The van der Waals surface area contributed by atoms with Crippen LogP contribution in [0.15, 0.2) is 36.1 Å². The van der Waals surface area contributed by atoms with Crippen molar-refractivity contribution < 1.29 is 24.2 Å². The van der Waals surface area contributed by atoms with Gasteiger partial charge in [0.05, 0.1) is 0 Å². The number of aliphatic carboxylic acids is 1. The fourth-order valence-corrected chi connectivity index (χ4v) is 1.77. The highest BCUT2D eigenvalue weighted by Crippen LogP contribution is 2.35. The lowest BCUT2D eigenvalue weighted by Crippen LogP contribution is -2.45. The number of hydrogen-bond donors (Lipinski definition) is 1. The quantitative estimate of drug-likeness (QED) is 0.666. The predicted octanol–water partition coefficient (Wildman–Crippen LogP) is 2.04. The topological polar surface area (TPSA) is 72.8 Å². The lowest BCUT2D eigenvalue weighted by Gasteiger charge is -2.24. The number of hydrogen-bond acceptors (Lipinski definition) is 4. The Labute approximate surface area is 110 Å². The van der Waals surface area contributed by atoms with E-state index in [1.165, 1.54) is 6.08 Å². The summed E-state index contributed by atoms with van der Waals surface area (Å²) in [6.45, 7) is 3.24. The molecule has 2 rings (SSSR count). The number of ether oxygens (including phenoxy) is 2. The molecule has 5 nitrogen and oxygen atoms in total. The van der Waals surface area contributed by atoms with Crippen LogP contribution in [0, 0.1) is 5.92 Å². The number of carbonyl (C=O) groups is 2. The Hall–Kier alpha value is -2.30. The van der Waals surface area contributed by atoms with Gasteiger partial charge in [-0.25, -0.2) is 9.59 Å². The molecule has 0 aliphatic carbocycles. The van der Waals surface area contributed by atoms with Crippen molar-refractivity contribution in [3.63, 3.8) is 0 Å². The van der Waals surface area contributed by atoms with Crippen molar-refractivity contribution >= 4 is 18.0 Å². The molecule has 0 bridgehead atoms. The van der Waals surface area contributed by atoms with Crippen molar-refractivity contribution in [2.45, 2.75) is 19.6 Å². The molecule has 0 radical (unpaired) electrons. The van der Waals surface area contributed by atoms with E-state index in [-0.39, 0.29) is 5.76 Å². The minimum atomic E-state index is -1.93. The zero-order chi connectivity index (χ0) is 14.0. The summed E-state index contributed by atoms with van der Waals surface area (Å²) < 4.78 is 10.2. The molecule has 1 fully saturated rings. The highest BCUT2D eigenvalue weighted by atomic mass is 16.8. The molecule has 19 heavy (non-hydrogen) atoms. The van der Waals surface area contributed by atoms with Crippen LogP contribution in [-0.2, 0) is 19.1 Å². The van der Waals surface area contributed by atoms with Crippen LogP contribution in [0.4, 0.5) is 0 Å². The van der Waals surface area contributed by atoms with Crippen LogP contribution in [0.5, 0.6) is 0 Å². The second-order valence-electron chi connectivity index (χ2n) is 4.54. The number of carboxylic acid groups (broad SMARTS) is 1. The molecule has 100 valence electrons. The monoisotopic (exact) mass is 262 g/mol. The van der Waals surface area contributed by atoms with Crippen LogP contribution in [0.3, 0.4) is 0 Å². The van der Waals surface area contributed by atoms with E-state index in [0.29, 0.717) is 0 Å². The molecule has 5 heteroatoms. The third-order valence-electron chi connectivity index (χ3n) is 2.86. The summed E-state index contributed by atoms with van der Waals surface area (Å²) in [7, 11) is 0. The van der Waals surface area contributed by atoms with Gasteiger partial charge < -0.3 is 14.6 Å². The average Bonchev–Trinajstić information content (AvgIpc) is 2.69. The van der Waals surface area contributed by atoms with Crippen molar-refractivity contribution in [3.05, 3.63) is 41.7 Å². The second kappa shape index (κ2) is 4.76. The number of carboxylic acids is 1. The maximum Gasteiger partial charge on any atom is 0.390 e. The molecule has 0 saturated carbocycles. The second-order valence-corrected chi connectivity index (χ2v) is 4.54. The number of esters is 1. The van der Waals surface area contributed by atoms with Crippen LogP contribution in [0.1, 0.15) is 19.4 Å². The Balaban J connectivity index is 2.34. The molecule has 1 atom stereocenters. The molecule has 0 amide bonds. The van der Waals surface area contributed by atoms with Gasteiger partial charge >= 0.3 is 17.7 Å². The van der Waals surface area contributed by atoms with E-state index < -0.39 is 23.6 Å². The van der Waals surface area contributed by atoms with E-state index in [4.69, 9.17) is 9.47 Å². The summed E-state index contributed by atoms with van der Waals surface area (Å²) in [5.41, 5.74) is 0.736. The van der Waals surface area contributed by atoms with E-state index in [2.05, 4.69) is 0 Å². The first kappa shape index (κ1) is 13.1. The molecule has 1 aromatic rings. The highest BCUT2D eigenvalue weighted by Gasteiger charge is 2.55. The average molecular weight is 262 g/mol. The van der Waals surface area contributed by atoms with Crippen molar-refractivity contribution in [3.8, 4) is 0 Å². The molecule has 1 N–H and O–H groups in total. The Morgan fingerprint density at radius 2 is 1.89 bits per heavy atom. The van der Waals surface area contributed by atoms with Crippen LogP contribution in [-0.4, -0.2) is 22.8 Å². The number of rotatable bonds is 3. The fraction of sp³-hybridized carbons (Fsp3) is 0.286. The van der Waals surface area contributed by atoms with Gasteiger partial charge in [0.25, 0.3) is 0 Å². The van der Waals surface area contributed by atoms with Crippen molar-refractivity contribution in [2.75, 3.05) is 0 Å². The number of benzene rings is 1. The first-order valence-corrected chi connectivity index (χ1v) is 5.88. The molecule has 1 aliphatic rings. The first-order chi connectivity index (χ1) is 8.95. The maximum atomic E-state index is 11.7. The normalized spacial score (nSPS) is 24.4. The van der Waals surface area contributed by atoms with Crippen LogP contribution in [0.25, 0.3) is 6.08 Å². The Morgan fingerprint density at radius 3 is 2.37 bits per heavy atom. The molecule has 1 aliphatic heterocycles. The van der Waals surface area contributed by atoms with Crippen molar-refractivity contribution in [2.24, 2.45) is 5.92 Å². The minimum Gasteiger partial charge on any atom is -0.475 e. The SMILES string of the molecule is CC(C)C1(C(=O)O)OC(=O)/C(=C/c2ccccc2)O1. The Bertz CT molecular complexity index is 532. The molecule has 1 aromatic carbocycles. The summed E-state index contributed by atoms with van der Waals surface area (Å²) >= 11 is 0. The van der Waals surface area contributed by atoms with Gasteiger partial charge in [0.15, 0.2) is 0 Å². The Morgan fingerprint density at radius 1 is 1.26 bits per heavy atom. The van der Waals surface area contributed by atoms with Crippen LogP contribution >= 0.6 is 0 Å². The third-order valence-corrected chi connectivity index (χ3v) is 2.86. The van der Waals surface area contributed by atoms with Gasteiger partial charge in [0.1, 0.15) is 0 Å². The molecular formula is C14H14O5. The van der Waals surface area contributed by atoms with Crippen LogP contribution in [0.2, 0.25) is 0 Å². The predicted molar refractivity (Wildman–Crippen MR) is 66.8 cm³/mol. The summed E-state index contributed by atoms with van der Waals surface area (Å²) in [5.74, 6) is -4.61. The fourth-order valence-electron chi connectivity index (χ4n) is 1.77. The zero-order valence-electron chi connectivity index (χ0n) is 10.6. The van der Waals surface area contributed by atoms with Gasteiger partial charge in [-0.1, -0.05) is 44.2 Å². The standard InChI is InChI=1S/C14H14O5/c1-9(2)14(13(16)17)18-11(12(15)19-14)8-10-6-4-3-5-7-10/h3-9H,1-2H3,(H,16,17)/b11-8-. The summed E-state index contributed by atoms with van der Waals surface area (Å²) in [5, 5.41) is 9.21. The summed E-state index contributed by atoms with van der Waals surface area (Å²) in [6.07, 6.45) is 1.47. The largest absolute Gasteiger partial charge is 0.475 e. The van der Waals surface area contributed by atoms with Crippen molar-refractivity contribution in [1.29, 1.82) is 0 Å². The van der Waals surface area contributed by atoms with Crippen molar-refractivity contribution in [1.82, 2.24) is 0 Å². The molecule has 0 spiro atoms. The third kappa shape index (κ3) is 2.31. The van der Waals surface area contributed by atoms with E-state index >= 15 is 0 Å². The minimum absolute atomic E-state index is 0.0951. The van der Waals surface area contributed by atoms with Gasteiger partial charge in [-0.2, -0.15) is 0 Å². The number of carbonyl (C=O) groups excluding carboxylic acids is 1. The summed E-state index contributed by atoms with van der Waals surface area (Å²) in [6, 6.07) is 9.00. The molecule has 1 heterocycles. The molecular weight excluding hydrogens is 248 g/mol. The van der Waals surface area contributed by atoms with Gasteiger partial charge in [-0.3, -0.25) is 0 Å². The van der Waals surface area contributed by atoms with Crippen LogP contribution < -0.4 is 0 Å². The molecule has 1 unspecified atom stereocenters. The van der Waals surface area contributed by atoms with Gasteiger partial charge in [0.2, 0.25) is 5.76 Å². The maximum absolute atomic E-state index is 11.7. The smallest absolute Gasteiger partial charge is 0.390 e. The van der Waals surface area contributed by atoms with Gasteiger partial charge in [-0.05, 0) is 11.6 Å². The van der Waals surface area contributed by atoms with Gasteiger partial charge in [-0.15, -0.1) is 0 Å². The van der Waals surface area contributed by atoms with Gasteiger partial charge in [0, 0.05) is 5.92 Å². The lowest BCUT2D eigenvalue weighted by molar-refractivity contribution is -0.212. The highest BCUT2D eigenvalue weighted by molar-refractivity contribution is 5.96. The zero-order valence-corrected chi connectivity index (χ0v) is 10.6. The van der Waals surface area contributed by atoms with E-state index in [1.54, 1.807) is 38.1 Å². The first-order valence-electron chi connectivity index (χ1n) is 5.88.